The lowest BCUT2D eigenvalue weighted by Gasteiger charge is -2.38. The minimum Gasteiger partial charge on any atom is -0.507 e. The minimum atomic E-state index is -1.93. The van der Waals surface area contributed by atoms with E-state index in [2.05, 4.69) is 38.9 Å². The highest BCUT2D eigenvalue weighted by atomic mass is 16.7. The van der Waals surface area contributed by atoms with Crippen LogP contribution >= 0.6 is 0 Å². The zero-order valence-corrected chi connectivity index (χ0v) is 41.7. The summed E-state index contributed by atoms with van der Waals surface area (Å²) >= 11 is 0. The van der Waals surface area contributed by atoms with Crippen LogP contribution in [0.2, 0.25) is 0 Å². The number of hydrogen-bond acceptors (Lipinski definition) is 16. The topological polar surface area (TPSA) is 236 Å². The molecular formula is C53H67N7O11. The molecule has 2 amide bonds. The van der Waals surface area contributed by atoms with E-state index in [1.165, 1.54) is 19.3 Å². The molecule has 6 atom stereocenters. The van der Waals surface area contributed by atoms with Crippen molar-refractivity contribution in [3.63, 3.8) is 0 Å². The quantitative estimate of drug-likeness (QED) is 0.127. The number of hydrogen-bond donors (Lipinski definition) is 5. The summed E-state index contributed by atoms with van der Waals surface area (Å²) < 4.78 is 18.3. The first-order chi connectivity index (χ1) is 33.8. The number of phenols is 2. The maximum Gasteiger partial charge on any atom is 0.315 e. The summed E-state index contributed by atoms with van der Waals surface area (Å²) in [4.78, 5) is 75.4. The van der Waals surface area contributed by atoms with Gasteiger partial charge in [-0.25, -0.2) is 9.98 Å². The number of aliphatic hydroxyl groups is 2. The first-order valence-electron chi connectivity index (χ1n) is 24.8. The molecule has 6 aliphatic heterocycles. The van der Waals surface area contributed by atoms with Crippen molar-refractivity contribution < 1.29 is 53.8 Å². The van der Waals surface area contributed by atoms with Crippen LogP contribution in [0, 0.1) is 24.7 Å². The number of piperazine rings is 1. The normalized spacial score (nSPS) is 27.8. The van der Waals surface area contributed by atoms with Crippen molar-refractivity contribution in [1.29, 1.82) is 0 Å². The molecule has 71 heavy (non-hydrogen) atoms. The maximum atomic E-state index is 14.7. The summed E-state index contributed by atoms with van der Waals surface area (Å²) in [5.74, 6) is -5.14. The fourth-order valence-corrected chi connectivity index (χ4v) is 10.2. The van der Waals surface area contributed by atoms with Crippen LogP contribution in [0.3, 0.4) is 0 Å². The number of carbonyl (C=O) groups is 4. The van der Waals surface area contributed by atoms with Crippen molar-refractivity contribution in [2.75, 3.05) is 56.0 Å². The summed E-state index contributed by atoms with van der Waals surface area (Å²) in [5.41, 5.74) is -0.137. The van der Waals surface area contributed by atoms with Crippen LogP contribution in [-0.2, 0) is 23.9 Å². The van der Waals surface area contributed by atoms with Crippen molar-refractivity contribution in [2.45, 2.75) is 117 Å². The molecule has 2 saturated heterocycles. The first kappa shape index (κ1) is 51.0. The Hall–Kier alpha value is -6.37. The average Bonchev–Trinajstić information content (AvgIpc) is 3.84. The number of pyridine rings is 1. The number of nitrogens with zero attached hydrogens (tertiary/aromatic N) is 6. The number of fused-ring (bicyclic) bond motifs is 13. The maximum absolute atomic E-state index is 14.7. The SMILES string of the molecule is C/C1=C/C=C/C(C)[C@H](O)[C@@H](C)C(O)C[C@H](OC(=O)CC(=O)N2CCN(c3ccccn3)CC2)CC/C=C/OC2(C)Oc3c(C)c(O)c4c(O)c(c5c(c4c3C2=O)NC2(CCN(CC(C)C)CC2)N=5)=NC1=O. The van der Waals surface area contributed by atoms with E-state index >= 15 is 0 Å². The van der Waals surface area contributed by atoms with Gasteiger partial charge in [-0.05, 0) is 50.8 Å². The molecule has 1 aromatic heterocycles. The van der Waals surface area contributed by atoms with E-state index in [1.54, 1.807) is 57.0 Å². The van der Waals surface area contributed by atoms with Crippen LogP contribution in [0.15, 0.2) is 70.5 Å². The Morgan fingerprint density at radius 2 is 1.72 bits per heavy atom. The van der Waals surface area contributed by atoms with E-state index < -0.39 is 71.4 Å². The number of ketones is 1. The molecule has 1 spiro atoms. The van der Waals surface area contributed by atoms with Gasteiger partial charge in [-0.15, -0.1) is 0 Å². The summed E-state index contributed by atoms with van der Waals surface area (Å²) in [6, 6.07) is 5.65. The number of anilines is 2. The van der Waals surface area contributed by atoms with Crippen molar-refractivity contribution in [1.82, 2.24) is 14.8 Å². The number of benzene rings is 2. The number of esters is 1. The number of aromatic hydroxyl groups is 2. The fraction of sp³-hybridized carbons (Fsp3) is 0.528. The van der Waals surface area contributed by atoms with Gasteiger partial charge in [0.05, 0.1) is 35.1 Å². The van der Waals surface area contributed by atoms with Crippen LogP contribution in [0.4, 0.5) is 11.5 Å². The van der Waals surface area contributed by atoms with E-state index in [9.17, 15) is 39.6 Å². The standard InChI is InChI=1S/C53H67N7O11/c1-30(2)29-58-20-17-53(18-21-58)56-43-40-41-47(65)34(6)49-42(40)50(67)52(7,71-49)69-26-11-9-15-35(70-39(63)28-38(62)60-24-22-59(23-25-60)37-16-8-10-19-54-37)27-36(61)33(5)46(64)31(3)13-12-14-32(4)51(68)55-45(48(41)66)44(43)57-53/h8,10-14,16,19,26,30-31,33,35-36,46,56,61,64-66H,9,15,17-18,20-25,27-29H2,1-7H3/b13-12+,26-11+,32-14-,55-45?/t31?,33-,35+,36?,46-,52?/m0/s1. The van der Waals surface area contributed by atoms with E-state index in [-0.39, 0.29) is 74.9 Å². The number of ether oxygens (including phenoxy) is 3. The molecule has 9 rings (SSSR count). The molecule has 18 heteroatoms. The third-order valence-corrected chi connectivity index (χ3v) is 14.5. The first-order valence-corrected chi connectivity index (χ1v) is 24.8. The number of aromatic nitrogens is 1. The van der Waals surface area contributed by atoms with Gasteiger partial charge >= 0.3 is 11.8 Å². The summed E-state index contributed by atoms with van der Waals surface area (Å²) in [7, 11) is 0. The molecule has 5 N–H and O–H groups in total. The van der Waals surface area contributed by atoms with E-state index in [0.29, 0.717) is 63.7 Å². The highest BCUT2D eigenvalue weighted by Crippen LogP contribution is 2.51. The fourth-order valence-electron chi connectivity index (χ4n) is 10.2. The molecule has 2 aromatic carbocycles. The van der Waals surface area contributed by atoms with Gasteiger partial charge in [-0.3, -0.25) is 24.2 Å². The Morgan fingerprint density at radius 1 is 0.986 bits per heavy atom. The smallest absolute Gasteiger partial charge is 0.315 e. The highest BCUT2D eigenvalue weighted by molar-refractivity contribution is 6.21. The van der Waals surface area contributed by atoms with Crippen LogP contribution in [0.25, 0.3) is 10.8 Å². The molecule has 0 aliphatic carbocycles. The van der Waals surface area contributed by atoms with Crippen LogP contribution in [-0.4, -0.2) is 134 Å². The van der Waals surface area contributed by atoms with E-state index in [0.717, 1.165) is 12.4 Å². The van der Waals surface area contributed by atoms with Gasteiger partial charge in [-0.2, -0.15) is 0 Å². The van der Waals surface area contributed by atoms with Gasteiger partial charge in [0.1, 0.15) is 46.2 Å². The predicted octanol–water partition coefficient (Wildman–Crippen LogP) is 4.75. The molecular weight excluding hydrogens is 911 g/mol. The number of piperidine rings is 1. The zero-order valence-electron chi connectivity index (χ0n) is 41.7. The summed E-state index contributed by atoms with van der Waals surface area (Å²) in [6.45, 7) is 16.6. The van der Waals surface area contributed by atoms with Crippen molar-refractivity contribution >= 4 is 45.8 Å². The Morgan fingerprint density at radius 3 is 2.41 bits per heavy atom. The number of nitrogens with one attached hydrogen (secondary N) is 1. The van der Waals surface area contributed by atoms with Gasteiger partial charge in [0.15, 0.2) is 5.75 Å². The molecule has 6 aliphatic rings. The van der Waals surface area contributed by atoms with Gasteiger partial charge in [-0.1, -0.05) is 52.0 Å². The van der Waals surface area contributed by atoms with Crippen LogP contribution in [0.5, 0.6) is 17.2 Å². The van der Waals surface area contributed by atoms with Gasteiger partial charge < -0.3 is 54.7 Å². The highest BCUT2D eigenvalue weighted by Gasteiger charge is 2.50. The summed E-state index contributed by atoms with van der Waals surface area (Å²) in [5, 5.41) is 50.6. The second-order valence-corrected chi connectivity index (χ2v) is 20.3. The number of likely N-dealkylation sites (tertiary alicyclic amines) is 1. The number of phenolic OH excluding ortho intramolecular Hbond substituents is 2. The van der Waals surface area contributed by atoms with Crippen molar-refractivity contribution in [3.05, 3.63) is 82.4 Å². The number of Topliss-reactive ketones (excluding diaryl/α,β-unsaturated/α-hetero) is 1. The second kappa shape index (κ2) is 20.8. The molecule has 18 nitrogen and oxygen atoms in total. The lowest BCUT2D eigenvalue weighted by molar-refractivity contribution is -0.155. The number of carbonyl (C=O) groups excluding carboxylic acids is 4. The van der Waals surface area contributed by atoms with Crippen LogP contribution < -0.4 is 25.7 Å². The molecule has 7 heterocycles. The third kappa shape index (κ3) is 10.5. The molecule has 3 unspecified atom stereocenters. The predicted molar refractivity (Wildman–Crippen MR) is 264 cm³/mol. The Kier molecular flexibility index (Phi) is 14.9. The van der Waals surface area contributed by atoms with Gasteiger partial charge in [0.25, 0.3) is 11.7 Å². The van der Waals surface area contributed by atoms with Gasteiger partial charge in [0.2, 0.25) is 5.91 Å². The molecule has 0 saturated carbocycles. The van der Waals surface area contributed by atoms with Crippen molar-refractivity contribution in [3.8, 4) is 17.2 Å². The lowest BCUT2D eigenvalue weighted by atomic mass is 9.86. The summed E-state index contributed by atoms with van der Waals surface area (Å²) in [6.07, 6.45) is 7.43. The second-order valence-electron chi connectivity index (χ2n) is 20.3. The Bertz CT molecular complexity index is 2780. The van der Waals surface area contributed by atoms with E-state index in [4.69, 9.17) is 19.2 Å². The molecule has 2 fully saturated rings. The third-order valence-electron chi connectivity index (χ3n) is 14.5. The molecule has 5 bridgehead atoms. The lowest BCUT2D eigenvalue weighted by Crippen LogP contribution is -2.49. The van der Waals surface area contributed by atoms with Crippen molar-refractivity contribution in [2.24, 2.45) is 27.7 Å². The van der Waals surface area contributed by atoms with Crippen LogP contribution in [0.1, 0.15) is 96.0 Å². The zero-order chi connectivity index (χ0) is 50.9. The average molecular weight is 978 g/mol. The van der Waals surface area contributed by atoms with E-state index in [1.807, 2.05) is 18.2 Å². The number of aliphatic hydroxyl groups excluding tert-OH is 2. The molecule has 3 aromatic rings. The Balaban J connectivity index is 1.10. The number of allylic oxidation sites excluding steroid dienone is 3. The minimum absolute atomic E-state index is 0.0537. The monoisotopic (exact) mass is 977 g/mol. The van der Waals surface area contributed by atoms with Gasteiger partial charge in [0, 0.05) is 107 Å². The molecule has 380 valence electrons. The largest absolute Gasteiger partial charge is 0.507 e. The Labute approximate surface area is 413 Å². The molecule has 0 radical (unpaired) electrons. The number of rotatable bonds is 6. The number of amides is 2.